The summed E-state index contributed by atoms with van der Waals surface area (Å²) < 4.78 is 59.7. The summed E-state index contributed by atoms with van der Waals surface area (Å²) in [4.78, 5) is 2.36. The molecule has 0 aliphatic carbocycles. The number of alkyl halides is 3. The molecule has 1 saturated heterocycles. The lowest BCUT2D eigenvalue weighted by Gasteiger charge is -2.37. The molecule has 5 rings (SSSR count). The van der Waals surface area contributed by atoms with Crippen molar-refractivity contribution < 1.29 is 27.4 Å². The SMILES string of the molecule is CN1CC[C@H]2Cc3cccc4c3cc(n4CC(F)(F)F)C#CCNc3cccc(c3)OCCOCCOCC[C@H]2C1. The number of likely N-dealkylation sites (tertiary alicyclic amines) is 1. The molecular weight excluding hydrogens is 531 g/mol. The van der Waals surface area contributed by atoms with E-state index >= 15 is 0 Å². The molecule has 1 aromatic heterocycles. The van der Waals surface area contributed by atoms with Gasteiger partial charge >= 0.3 is 6.18 Å². The first-order valence-corrected chi connectivity index (χ1v) is 14.3. The number of benzene rings is 2. The van der Waals surface area contributed by atoms with E-state index in [-0.39, 0.29) is 6.54 Å². The third-order valence-corrected chi connectivity index (χ3v) is 7.88. The molecule has 220 valence electrons. The highest BCUT2D eigenvalue weighted by Crippen LogP contribution is 2.33. The van der Waals surface area contributed by atoms with Crippen molar-refractivity contribution in [2.45, 2.75) is 32.0 Å². The number of rotatable bonds is 1. The van der Waals surface area contributed by atoms with Crippen molar-refractivity contribution in [1.82, 2.24) is 9.47 Å². The minimum atomic E-state index is -4.36. The summed E-state index contributed by atoms with van der Waals surface area (Å²) in [5, 5.41) is 4.07. The zero-order chi connectivity index (χ0) is 28.7. The molecule has 1 fully saturated rings. The first kappa shape index (κ1) is 29.3. The molecule has 41 heavy (non-hydrogen) atoms. The van der Waals surface area contributed by atoms with Gasteiger partial charge in [-0.1, -0.05) is 24.1 Å². The van der Waals surface area contributed by atoms with Gasteiger partial charge in [0.05, 0.1) is 32.1 Å². The zero-order valence-corrected chi connectivity index (χ0v) is 23.5. The number of halogens is 3. The van der Waals surface area contributed by atoms with Crippen LogP contribution in [0.4, 0.5) is 18.9 Å². The standard InChI is InChI=1S/C32H38F3N3O3/c1-37-13-10-24-19-25-5-2-9-31-30(25)21-28(38(31)23-32(33,34)35)7-4-12-36-27-6-3-8-29(20-27)41-18-17-40-16-15-39-14-11-26(24)22-37/h2-3,5-6,8-9,20-21,24,26,36H,10-19,22-23H2,1H3/t24-,26-/m0/s1. The first-order valence-electron chi connectivity index (χ1n) is 14.3. The summed E-state index contributed by atoms with van der Waals surface area (Å²) in [7, 11) is 2.14. The number of piperidine rings is 1. The Balaban J connectivity index is 1.45. The first-order chi connectivity index (χ1) is 19.9. The Morgan fingerprint density at radius 3 is 2.61 bits per heavy atom. The lowest BCUT2D eigenvalue weighted by atomic mass is 9.79. The van der Waals surface area contributed by atoms with Crippen LogP contribution < -0.4 is 10.1 Å². The quantitative estimate of drug-likeness (QED) is 0.387. The number of anilines is 1. The number of fused-ring (bicyclic) bond motifs is 4. The molecule has 3 aromatic rings. The highest BCUT2D eigenvalue weighted by atomic mass is 19.4. The second kappa shape index (κ2) is 13.6. The lowest BCUT2D eigenvalue weighted by molar-refractivity contribution is -0.140. The Hall–Kier alpha value is -3.19. The Labute approximate surface area is 239 Å². The van der Waals surface area contributed by atoms with Gasteiger partial charge in [-0.2, -0.15) is 13.2 Å². The van der Waals surface area contributed by atoms with Crippen molar-refractivity contribution in [3.63, 3.8) is 0 Å². The predicted molar refractivity (Wildman–Crippen MR) is 154 cm³/mol. The van der Waals surface area contributed by atoms with Crippen LogP contribution in [-0.2, 0) is 22.4 Å². The van der Waals surface area contributed by atoms with Crippen LogP contribution in [-0.4, -0.2) is 75.4 Å². The van der Waals surface area contributed by atoms with Gasteiger partial charge in [-0.3, -0.25) is 0 Å². The van der Waals surface area contributed by atoms with Gasteiger partial charge in [-0.05, 0) is 80.4 Å². The van der Waals surface area contributed by atoms with Crippen LogP contribution in [0.1, 0.15) is 24.1 Å². The average molecular weight is 570 g/mol. The van der Waals surface area contributed by atoms with E-state index in [1.54, 1.807) is 6.07 Å². The average Bonchev–Trinajstić information content (AvgIpc) is 3.28. The lowest BCUT2D eigenvalue weighted by Crippen LogP contribution is -2.39. The van der Waals surface area contributed by atoms with Gasteiger partial charge in [0.25, 0.3) is 0 Å². The predicted octanol–water partition coefficient (Wildman–Crippen LogP) is 5.59. The molecule has 9 heteroatoms. The number of hydrogen-bond acceptors (Lipinski definition) is 5. The number of ether oxygens (including phenoxy) is 3. The van der Waals surface area contributed by atoms with E-state index in [0.717, 1.165) is 49.0 Å². The van der Waals surface area contributed by atoms with E-state index in [2.05, 4.69) is 35.2 Å². The van der Waals surface area contributed by atoms with Gasteiger partial charge in [0.2, 0.25) is 0 Å². The molecule has 2 atom stereocenters. The molecule has 0 radical (unpaired) electrons. The molecule has 0 saturated carbocycles. The fourth-order valence-corrected chi connectivity index (χ4v) is 5.87. The van der Waals surface area contributed by atoms with Gasteiger partial charge in [0.15, 0.2) is 0 Å². The van der Waals surface area contributed by atoms with Crippen molar-refractivity contribution in [3.8, 4) is 17.6 Å². The molecule has 0 unspecified atom stereocenters. The molecule has 0 amide bonds. The van der Waals surface area contributed by atoms with Crippen LogP contribution in [0, 0.1) is 23.7 Å². The summed E-state index contributed by atoms with van der Waals surface area (Å²) in [5.41, 5.74) is 2.84. The zero-order valence-electron chi connectivity index (χ0n) is 23.5. The van der Waals surface area contributed by atoms with Crippen molar-refractivity contribution in [3.05, 3.63) is 59.8 Å². The molecule has 4 bridgehead atoms. The molecule has 3 heterocycles. The maximum atomic E-state index is 13.7. The second-order valence-electron chi connectivity index (χ2n) is 10.9. The Morgan fingerprint density at radius 2 is 1.76 bits per heavy atom. The molecule has 2 aromatic carbocycles. The normalized spacial score (nSPS) is 21.8. The van der Waals surface area contributed by atoms with E-state index < -0.39 is 12.7 Å². The largest absolute Gasteiger partial charge is 0.491 e. The van der Waals surface area contributed by atoms with Crippen LogP contribution in [0.3, 0.4) is 0 Å². The molecular formula is C32H38F3N3O3. The number of aromatic nitrogens is 1. The third-order valence-electron chi connectivity index (χ3n) is 7.88. The van der Waals surface area contributed by atoms with E-state index in [9.17, 15) is 13.2 Å². The fourth-order valence-electron chi connectivity index (χ4n) is 5.87. The van der Waals surface area contributed by atoms with Gasteiger partial charge in [0.1, 0.15) is 18.9 Å². The maximum absolute atomic E-state index is 13.7. The van der Waals surface area contributed by atoms with E-state index in [1.807, 2.05) is 36.4 Å². The molecule has 1 N–H and O–H groups in total. The van der Waals surface area contributed by atoms with Crippen LogP contribution in [0.15, 0.2) is 48.5 Å². The van der Waals surface area contributed by atoms with Crippen LogP contribution in [0.5, 0.6) is 5.75 Å². The molecule has 6 nitrogen and oxygen atoms in total. The second-order valence-corrected chi connectivity index (χ2v) is 10.9. The Kier molecular flexibility index (Phi) is 9.76. The molecule has 0 spiro atoms. The highest BCUT2D eigenvalue weighted by molar-refractivity contribution is 5.86. The van der Waals surface area contributed by atoms with Crippen molar-refractivity contribution in [2.75, 3.05) is 65.0 Å². The molecule has 2 aliphatic rings. The van der Waals surface area contributed by atoms with Gasteiger partial charge in [0, 0.05) is 35.8 Å². The fraction of sp³-hybridized carbons (Fsp3) is 0.500. The Bertz CT molecular complexity index is 1360. The number of nitrogens with zero attached hydrogens (tertiary/aromatic N) is 2. The van der Waals surface area contributed by atoms with Crippen molar-refractivity contribution >= 4 is 16.6 Å². The minimum absolute atomic E-state index is 0.282. The smallest absolute Gasteiger partial charge is 0.406 e. The van der Waals surface area contributed by atoms with E-state index in [4.69, 9.17) is 14.2 Å². The summed E-state index contributed by atoms with van der Waals surface area (Å²) in [6, 6.07) is 15.0. The summed E-state index contributed by atoms with van der Waals surface area (Å²) in [6.07, 6.45) is -1.56. The van der Waals surface area contributed by atoms with Gasteiger partial charge in [-0.15, -0.1) is 0 Å². The van der Waals surface area contributed by atoms with E-state index in [0.29, 0.717) is 61.8 Å². The topological polar surface area (TPSA) is 47.9 Å². The van der Waals surface area contributed by atoms with Crippen LogP contribution in [0.2, 0.25) is 0 Å². The maximum Gasteiger partial charge on any atom is 0.406 e. The van der Waals surface area contributed by atoms with Crippen LogP contribution in [0.25, 0.3) is 10.9 Å². The Morgan fingerprint density at radius 1 is 0.951 bits per heavy atom. The van der Waals surface area contributed by atoms with Crippen molar-refractivity contribution in [1.29, 1.82) is 0 Å². The third kappa shape index (κ3) is 8.19. The van der Waals surface area contributed by atoms with Crippen LogP contribution >= 0.6 is 0 Å². The summed E-state index contributed by atoms with van der Waals surface area (Å²) in [5.74, 6) is 7.60. The van der Waals surface area contributed by atoms with Gasteiger partial charge < -0.3 is 29.0 Å². The number of hydrogen-bond donors (Lipinski definition) is 1. The van der Waals surface area contributed by atoms with Gasteiger partial charge in [-0.25, -0.2) is 0 Å². The highest BCUT2D eigenvalue weighted by Gasteiger charge is 2.31. The monoisotopic (exact) mass is 569 g/mol. The number of nitrogens with one attached hydrogen (secondary N) is 1. The summed E-state index contributed by atoms with van der Waals surface area (Å²) >= 11 is 0. The minimum Gasteiger partial charge on any atom is -0.491 e. The summed E-state index contributed by atoms with van der Waals surface area (Å²) in [6.45, 7) is 3.78. The molecule has 2 aliphatic heterocycles. The van der Waals surface area contributed by atoms with Crippen molar-refractivity contribution in [2.24, 2.45) is 11.8 Å². The van der Waals surface area contributed by atoms with E-state index in [1.165, 1.54) is 4.57 Å².